The molecule has 32 N–H and O–H groups in total. The number of nitrogens with one attached hydrogen (secondary N) is 4. The number of aliphatic hydroxyl groups excluding tert-OH is 28. The van der Waals surface area contributed by atoms with Gasteiger partial charge in [0.2, 0.25) is 23.6 Å². The van der Waals surface area contributed by atoms with Crippen LogP contribution in [0, 0.1) is 0 Å². The minimum absolute atomic E-state index is 0.813. The highest BCUT2D eigenvalue weighted by Crippen LogP contribution is 2.41. The van der Waals surface area contributed by atoms with Gasteiger partial charge in [0.1, 0.15) is 244 Å². The highest BCUT2D eigenvalue weighted by atomic mass is 16.8. The van der Waals surface area contributed by atoms with Crippen LogP contribution in [0.2, 0.25) is 0 Å². The molecular formula is C68H114N4O51. The van der Waals surface area contributed by atoms with Crippen molar-refractivity contribution in [1.82, 2.24) is 21.3 Å². The van der Waals surface area contributed by atoms with Crippen LogP contribution < -0.4 is 21.3 Å². The van der Waals surface area contributed by atoms with E-state index in [9.17, 15) is 162 Å². The Hall–Kier alpha value is -4.00. The largest absolute Gasteiger partial charge is 0.394 e. The third-order valence-corrected chi connectivity index (χ3v) is 22.5. The fraction of sp³-hybridized carbons (Fsp3) is 0.941. The summed E-state index contributed by atoms with van der Waals surface area (Å²) < 4.78 is 111. The van der Waals surface area contributed by atoms with E-state index in [-0.39, 0.29) is 0 Å². The van der Waals surface area contributed by atoms with Gasteiger partial charge in [-0.2, -0.15) is 0 Å². The second-order valence-corrected chi connectivity index (χ2v) is 31.0. The molecule has 4 amide bonds. The molecule has 0 spiro atoms. The van der Waals surface area contributed by atoms with E-state index < -0.39 is 397 Å². The number of carbonyl (C=O) groups is 4. The quantitative estimate of drug-likeness (QED) is 0.0297. The SMILES string of the molecule is CC(=O)N[C@@H]1[C@@H](OC2O[C@H](CO)[C@H](O)[C@H](O[C@@H]3O[C@H](CO)[C@@H](OC4O[C@H](CO[C@@H]5O[C@H](CO)[C@@H](OC6O[C@H](CO)[C@H](O)[C@H](OC7O[C@H](CO)[C@H](O)[C@H](O)[C@H]7O)[C@H]6O)[C@H](O)[C@H]5NC(C)=O)[C@H](O)[C@H](O[C@@H]5O[C@H](CO)[C@@H](OC6O[C@H](CO)[C@H](O)[C@H](OC7O[C@H](CO)[C@H](O)[C@H](O)[C@H]7O)[C@H]6O)[C@H](O)[C@H]5NC(C)=O)[C@H]4O)[C@H](O)[C@H]3NC(C)=O)[C@H]2O)[C@@H](O)[C@@H](CO)O[C@@H]1O. The predicted octanol–water partition coefficient (Wildman–Crippen LogP) is -22.2. The summed E-state index contributed by atoms with van der Waals surface area (Å²) in [5.41, 5.74) is 0. The first-order valence-electron chi connectivity index (χ1n) is 39.1. The number of hydrogen-bond donors (Lipinski definition) is 32. The maximum absolute atomic E-state index is 13.2. The molecule has 6 unspecified atom stereocenters. The van der Waals surface area contributed by atoms with Crippen LogP contribution in [0.3, 0.4) is 0 Å². The third kappa shape index (κ3) is 22.3. The Balaban J connectivity index is 0.943. The van der Waals surface area contributed by atoms with Crippen LogP contribution in [0.5, 0.6) is 0 Å². The fourth-order valence-corrected chi connectivity index (χ4v) is 16.0. The Morgan fingerprint density at radius 2 is 0.423 bits per heavy atom. The number of ether oxygens (including phenoxy) is 19. The summed E-state index contributed by atoms with van der Waals surface area (Å²) in [4.78, 5) is 51.8. The summed E-state index contributed by atoms with van der Waals surface area (Å²) in [6.45, 7) is -7.26. The smallest absolute Gasteiger partial charge is 0.217 e. The van der Waals surface area contributed by atoms with E-state index in [2.05, 4.69) is 21.3 Å². The summed E-state index contributed by atoms with van der Waals surface area (Å²) in [7, 11) is 0. The Labute approximate surface area is 695 Å². The highest BCUT2D eigenvalue weighted by molar-refractivity contribution is 5.74. The molecule has 10 rings (SSSR count). The number of amides is 4. The monoisotopic (exact) mass is 1800 g/mol. The van der Waals surface area contributed by atoms with Gasteiger partial charge in [-0.25, -0.2) is 0 Å². The first-order valence-corrected chi connectivity index (χ1v) is 39.1. The maximum atomic E-state index is 13.2. The van der Waals surface area contributed by atoms with Crippen molar-refractivity contribution in [3.8, 4) is 0 Å². The molecule has 0 radical (unpaired) electrons. The van der Waals surface area contributed by atoms with Crippen molar-refractivity contribution in [3.05, 3.63) is 0 Å². The molecule has 10 saturated heterocycles. The van der Waals surface area contributed by atoms with Crippen LogP contribution in [0.15, 0.2) is 0 Å². The van der Waals surface area contributed by atoms with Crippen molar-refractivity contribution in [2.45, 2.75) is 335 Å². The molecule has 55 nitrogen and oxygen atoms in total. The van der Waals surface area contributed by atoms with Crippen LogP contribution in [0.4, 0.5) is 0 Å². The van der Waals surface area contributed by atoms with E-state index in [0.29, 0.717) is 0 Å². The average molecular weight is 1800 g/mol. The third-order valence-electron chi connectivity index (χ3n) is 22.5. The zero-order valence-corrected chi connectivity index (χ0v) is 65.9. The summed E-state index contributed by atoms with van der Waals surface area (Å²) >= 11 is 0. The van der Waals surface area contributed by atoms with Gasteiger partial charge in [0.05, 0.1) is 66.1 Å². The average Bonchev–Trinajstić information content (AvgIpc) is 0.765. The molecule has 55 heteroatoms. The van der Waals surface area contributed by atoms with Crippen molar-refractivity contribution >= 4 is 23.6 Å². The van der Waals surface area contributed by atoms with E-state index in [0.717, 1.165) is 27.7 Å². The van der Waals surface area contributed by atoms with Gasteiger partial charge in [0, 0.05) is 27.7 Å². The lowest BCUT2D eigenvalue weighted by molar-refractivity contribution is -0.391. The Bertz CT molecular complexity index is 3310. The molecule has 10 fully saturated rings. The van der Waals surface area contributed by atoms with Crippen molar-refractivity contribution in [3.63, 3.8) is 0 Å². The predicted molar refractivity (Wildman–Crippen MR) is 376 cm³/mol. The molecule has 0 aromatic rings. The summed E-state index contributed by atoms with van der Waals surface area (Å²) in [5.74, 6) is -3.81. The van der Waals surface area contributed by atoms with Gasteiger partial charge in [0.25, 0.3) is 0 Å². The lowest BCUT2D eigenvalue weighted by Gasteiger charge is -2.51. The molecule has 712 valence electrons. The van der Waals surface area contributed by atoms with E-state index >= 15 is 0 Å². The zero-order chi connectivity index (χ0) is 90.5. The van der Waals surface area contributed by atoms with Gasteiger partial charge >= 0.3 is 0 Å². The first kappa shape index (κ1) is 101. The molecule has 50 atom stereocenters. The topological polar surface area (TPSA) is 858 Å². The van der Waals surface area contributed by atoms with E-state index in [4.69, 9.17) is 90.0 Å². The van der Waals surface area contributed by atoms with Crippen LogP contribution >= 0.6 is 0 Å². The van der Waals surface area contributed by atoms with E-state index in [1.165, 1.54) is 0 Å². The Kier molecular flexibility index (Phi) is 36.4. The lowest BCUT2D eigenvalue weighted by atomic mass is 9.93. The van der Waals surface area contributed by atoms with Gasteiger partial charge in [0.15, 0.2) is 62.9 Å². The van der Waals surface area contributed by atoms with Crippen molar-refractivity contribution in [1.29, 1.82) is 0 Å². The second-order valence-electron chi connectivity index (χ2n) is 31.0. The van der Waals surface area contributed by atoms with Crippen LogP contribution in [-0.2, 0) is 109 Å². The minimum Gasteiger partial charge on any atom is -0.394 e. The first-order chi connectivity index (χ1) is 58.2. The van der Waals surface area contributed by atoms with Crippen molar-refractivity contribution < 1.29 is 252 Å². The molecule has 10 heterocycles. The molecule has 123 heavy (non-hydrogen) atoms. The molecule has 0 aromatic carbocycles. The molecule has 10 aliphatic rings. The molecule has 0 aromatic heterocycles. The second kappa shape index (κ2) is 44.3. The van der Waals surface area contributed by atoms with Crippen molar-refractivity contribution in [2.75, 3.05) is 66.1 Å². The standard InChI is InChI=1S/C68H114N4O51/c1-15(82)69-29-40(93)51(116-65-48(101)56(37(90)23(9-77)109-65)122-63-45(98)43(96)33(86)19(5-73)107-63)25(11-79)112-60(29)105-14-28-39(92)58(121-62-31(71-17(3)84)41(94)52(26(12-80)114-62)117-66-49(102)57(38(91)24(10-78)110-66)123-64-46(99)44(97)34(87)20(6-74)108-64)50(103)68(115-28)118-53-27(13-81)113-61(30(42(53)95)70-16(2)83)120-55-36(89)22(8-76)111-67(47(55)100)119-54-32(72-18(4)85)59(104)106-21(7-75)35(54)88/h19-68,73-81,86-104H,5-14H2,1-4H3,(H,69,82)(H,70,83)(H,71,84)(H,72,85)/t19-,20-,21-,22-,23-,24-,25-,26-,27-,28-,29-,30-,31-,32-,33+,34+,35+,36+,37+,38+,39+,40-,41-,42-,43+,44+,45-,46-,47-,48-,49-,50-,51-,52-,53-,54-,55+,56+,57+,58+,59+,60-,61+,62+,63?,64?,65?,66?,67?,68?/m1/s1. The van der Waals surface area contributed by atoms with Crippen LogP contribution in [0.25, 0.3) is 0 Å². The van der Waals surface area contributed by atoms with Gasteiger partial charge in [-0.05, 0) is 0 Å². The van der Waals surface area contributed by atoms with Crippen molar-refractivity contribution in [2.24, 2.45) is 0 Å². The van der Waals surface area contributed by atoms with E-state index in [1.54, 1.807) is 0 Å². The van der Waals surface area contributed by atoms with E-state index in [1.807, 2.05) is 0 Å². The zero-order valence-electron chi connectivity index (χ0n) is 65.9. The number of rotatable bonds is 32. The number of carbonyl (C=O) groups excluding carboxylic acids is 4. The lowest BCUT2D eigenvalue weighted by Crippen LogP contribution is -2.71. The molecule has 10 aliphatic heterocycles. The molecule has 0 saturated carbocycles. The van der Waals surface area contributed by atoms with Crippen LogP contribution in [-0.4, -0.2) is 539 Å². The van der Waals surface area contributed by atoms with Crippen LogP contribution in [0.1, 0.15) is 27.7 Å². The maximum Gasteiger partial charge on any atom is 0.217 e. The minimum atomic E-state index is -2.57. The summed E-state index contributed by atoms with van der Waals surface area (Å²) in [5, 5.41) is 320. The molecular weight excluding hydrogens is 1690 g/mol. The highest BCUT2D eigenvalue weighted by Gasteiger charge is 2.62. The van der Waals surface area contributed by atoms with Gasteiger partial charge in [-0.3, -0.25) is 19.2 Å². The van der Waals surface area contributed by atoms with Gasteiger partial charge in [-0.15, -0.1) is 0 Å². The normalized spacial score (nSPS) is 49.4. The molecule has 0 bridgehead atoms. The summed E-state index contributed by atoms with van der Waals surface area (Å²) in [6.07, 6.45) is -95.7. The fourth-order valence-electron chi connectivity index (χ4n) is 16.0. The number of aliphatic hydroxyl groups is 28. The van der Waals surface area contributed by atoms with Gasteiger partial charge < -0.3 is 254 Å². The Morgan fingerprint density at radius 3 is 0.724 bits per heavy atom. The molecule has 0 aliphatic carbocycles. The Morgan fingerprint density at radius 1 is 0.211 bits per heavy atom. The summed E-state index contributed by atoms with van der Waals surface area (Å²) in [6, 6.07) is -7.72. The van der Waals surface area contributed by atoms with Gasteiger partial charge in [-0.1, -0.05) is 0 Å². The number of hydrogen-bond acceptors (Lipinski definition) is 51.